The number of thioether (sulfide) groups is 1. The van der Waals surface area contributed by atoms with Gasteiger partial charge in [-0.25, -0.2) is 4.98 Å². The summed E-state index contributed by atoms with van der Waals surface area (Å²) in [5, 5.41) is 1.92. The Hall–Kier alpha value is -1.08. The summed E-state index contributed by atoms with van der Waals surface area (Å²) in [6.07, 6.45) is 4.55. The van der Waals surface area contributed by atoms with Gasteiger partial charge in [0.1, 0.15) is 0 Å². The van der Waals surface area contributed by atoms with E-state index in [0.717, 1.165) is 49.8 Å². The normalized spacial score (nSPS) is 23.6. The van der Waals surface area contributed by atoms with Gasteiger partial charge in [0.2, 0.25) is 0 Å². The number of hydrogen-bond donors (Lipinski definition) is 0. The van der Waals surface area contributed by atoms with Gasteiger partial charge in [-0.1, -0.05) is 23.4 Å². The summed E-state index contributed by atoms with van der Waals surface area (Å²) in [7, 11) is 0. The molecule has 4 rings (SSSR count). The lowest BCUT2D eigenvalue weighted by Gasteiger charge is -2.17. The van der Waals surface area contributed by atoms with Crippen LogP contribution in [0.1, 0.15) is 25.7 Å². The van der Waals surface area contributed by atoms with Crippen molar-refractivity contribution in [2.45, 2.75) is 49.6 Å². The van der Waals surface area contributed by atoms with Crippen LogP contribution in [0.2, 0.25) is 5.02 Å². The zero-order valence-electron chi connectivity index (χ0n) is 13.9. The molecule has 2 atom stereocenters. The lowest BCUT2D eigenvalue weighted by molar-refractivity contribution is 0.0937. The van der Waals surface area contributed by atoms with Gasteiger partial charge in [0.05, 0.1) is 29.7 Å². The predicted octanol–water partition coefficient (Wildman–Crippen LogP) is 3.50. The van der Waals surface area contributed by atoms with Crippen LogP contribution in [-0.4, -0.2) is 40.7 Å². The molecule has 0 N–H and O–H groups in total. The average molecular weight is 381 g/mol. The van der Waals surface area contributed by atoms with Crippen LogP contribution >= 0.6 is 23.4 Å². The van der Waals surface area contributed by atoms with Crippen LogP contribution in [0.3, 0.4) is 0 Å². The van der Waals surface area contributed by atoms with E-state index in [1.807, 2.05) is 0 Å². The fraction of sp³-hybridized carbons (Fsp3) is 0.556. The Kier molecular flexibility index (Phi) is 5.31. The molecule has 2 aliphatic rings. The number of hydrogen-bond acceptors (Lipinski definition) is 5. The zero-order chi connectivity index (χ0) is 17.2. The summed E-state index contributed by atoms with van der Waals surface area (Å²) in [6.45, 7) is 2.15. The highest BCUT2D eigenvalue weighted by Gasteiger charge is 2.22. The van der Waals surface area contributed by atoms with Crippen molar-refractivity contribution in [2.75, 3.05) is 19.0 Å². The van der Waals surface area contributed by atoms with E-state index in [1.54, 1.807) is 34.5 Å². The van der Waals surface area contributed by atoms with Crippen molar-refractivity contribution in [1.29, 1.82) is 0 Å². The number of nitrogens with zero attached hydrogens (tertiary/aromatic N) is 2. The van der Waals surface area contributed by atoms with Gasteiger partial charge in [0, 0.05) is 24.0 Å². The first-order valence-corrected chi connectivity index (χ1v) is 10.1. The average Bonchev–Trinajstić information content (AvgIpc) is 3.29. The molecule has 0 unspecified atom stereocenters. The second-order valence-corrected chi connectivity index (χ2v) is 7.98. The predicted molar refractivity (Wildman–Crippen MR) is 99.7 cm³/mol. The highest BCUT2D eigenvalue weighted by Crippen LogP contribution is 2.25. The Morgan fingerprint density at radius 1 is 1.20 bits per heavy atom. The van der Waals surface area contributed by atoms with E-state index in [0.29, 0.717) is 22.5 Å². The van der Waals surface area contributed by atoms with Gasteiger partial charge in [0.25, 0.3) is 5.56 Å². The molecular weight excluding hydrogens is 360 g/mol. The quantitative estimate of drug-likeness (QED) is 0.587. The van der Waals surface area contributed by atoms with E-state index in [4.69, 9.17) is 26.1 Å². The Balaban J connectivity index is 1.69. The van der Waals surface area contributed by atoms with E-state index < -0.39 is 0 Å². The number of rotatable bonds is 5. The molecule has 7 heteroatoms. The molecule has 25 heavy (non-hydrogen) atoms. The summed E-state index contributed by atoms with van der Waals surface area (Å²) in [5.74, 6) is 0.810. The van der Waals surface area contributed by atoms with E-state index in [2.05, 4.69) is 0 Å². The smallest absolute Gasteiger partial charge is 0.262 e. The van der Waals surface area contributed by atoms with E-state index in [1.165, 1.54) is 0 Å². The van der Waals surface area contributed by atoms with Crippen molar-refractivity contribution in [3.63, 3.8) is 0 Å². The maximum atomic E-state index is 13.0. The molecule has 2 saturated heterocycles. The second kappa shape index (κ2) is 7.66. The van der Waals surface area contributed by atoms with E-state index >= 15 is 0 Å². The Bertz CT molecular complexity index is 814. The SMILES string of the molecule is O=c1c2ccc(Cl)cc2nc(SC[C@@H]2CCCO2)n1C[C@@H]1CCCO1. The first kappa shape index (κ1) is 17.3. The first-order valence-electron chi connectivity index (χ1n) is 8.77. The van der Waals surface area contributed by atoms with Gasteiger partial charge >= 0.3 is 0 Å². The van der Waals surface area contributed by atoms with Crippen molar-refractivity contribution in [3.8, 4) is 0 Å². The summed E-state index contributed by atoms with van der Waals surface area (Å²) in [5.41, 5.74) is 0.628. The van der Waals surface area contributed by atoms with Crippen molar-refractivity contribution >= 4 is 34.3 Å². The number of aromatic nitrogens is 2. The van der Waals surface area contributed by atoms with Crippen LogP contribution in [0.5, 0.6) is 0 Å². The topological polar surface area (TPSA) is 53.3 Å². The Labute approximate surface area is 155 Å². The highest BCUT2D eigenvalue weighted by atomic mass is 35.5. The number of ether oxygens (including phenoxy) is 2. The Morgan fingerprint density at radius 2 is 1.96 bits per heavy atom. The van der Waals surface area contributed by atoms with Crippen LogP contribution in [0, 0.1) is 0 Å². The fourth-order valence-corrected chi connectivity index (χ4v) is 4.62. The van der Waals surface area contributed by atoms with Gasteiger partial charge in [-0.3, -0.25) is 9.36 Å². The monoisotopic (exact) mass is 380 g/mol. The number of halogens is 1. The van der Waals surface area contributed by atoms with Crippen LogP contribution in [0.4, 0.5) is 0 Å². The minimum atomic E-state index is -0.0213. The minimum absolute atomic E-state index is 0.0213. The standard InChI is InChI=1S/C18H21ClN2O3S/c19-12-5-6-15-16(9-12)20-18(25-11-14-4-2-8-24-14)21(17(15)22)10-13-3-1-7-23-13/h5-6,9,13-14H,1-4,7-8,10-11H2/t13-,14-/m0/s1. The van der Waals surface area contributed by atoms with Crippen molar-refractivity contribution < 1.29 is 9.47 Å². The number of fused-ring (bicyclic) bond motifs is 1. The molecule has 5 nitrogen and oxygen atoms in total. The van der Waals surface area contributed by atoms with E-state index in [-0.39, 0.29) is 17.8 Å². The molecule has 0 aliphatic carbocycles. The molecule has 0 saturated carbocycles. The largest absolute Gasteiger partial charge is 0.377 e. The lowest BCUT2D eigenvalue weighted by Crippen LogP contribution is -2.29. The highest BCUT2D eigenvalue weighted by molar-refractivity contribution is 7.99. The van der Waals surface area contributed by atoms with E-state index in [9.17, 15) is 4.79 Å². The third-order valence-electron chi connectivity index (χ3n) is 4.71. The minimum Gasteiger partial charge on any atom is -0.377 e. The fourth-order valence-electron chi connectivity index (χ4n) is 3.38. The van der Waals surface area contributed by atoms with Crippen LogP contribution in [0.25, 0.3) is 10.9 Å². The maximum absolute atomic E-state index is 13.0. The summed E-state index contributed by atoms with van der Waals surface area (Å²) in [6, 6.07) is 5.25. The molecule has 0 radical (unpaired) electrons. The van der Waals surface area contributed by atoms with Gasteiger partial charge < -0.3 is 9.47 Å². The third-order valence-corrected chi connectivity index (χ3v) is 6.06. The summed E-state index contributed by atoms with van der Waals surface area (Å²) < 4.78 is 13.2. The van der Waals surface area contributed by atoms with Gasteiger partial charge in [-0.05, 0) is 43.9 Å². The van der Waals surface area contributed by atoms with Crippen LogP contribution in [-0.2, 0) is 16.0 Å². The molecule has 0 spiro atoms. The zero-order valence-corrected chi connectivity index (χ0v) is 15.5. The Morgan fingerprint density at radius 3 is 2.68 bits per heavy atom. The van der Waals surface area contributed by atoms with Gasteiger partial charge in [0.15, 0.2) is 5.16 Å². The molecule has 2 fully saturated rings. The summed E-state index contributed by atoms with van der Waals surface area (Å²) >= 11 is 7.68. The lowest BCUT2D eigenvalue weighted by atomic mass is 10.2. The van der Waals surface area contributed by atoms with Gasteiger partial charge in [-0.15, -0.1) is 0 Å². The summed E-state index contributed by atoms with van der Waals surface area (Å²) in [4.78, 5) is 17.8. The molecule has 3 heterocycles. The van der Waals surface area contributed by atoms with Gasteiger partial charge in [-0.2, -0.15) is 0 Å². The second-order valence-electron chi connectivity index (χ2n) is 6.55. The van der Waals surface area contributed by atoms with Crippen molar-refractivity contribution in [1.82, 2.24) is 9.55 Å². The molecular formula is C18H21ClN2O3S. The molecule has 1 aromatic heterocycles. The van der Waals surface area contributed by atoms with Crippen molar-refractivity contribution in [3.05, 3.63) is 33.6 Å². The molecule has 134 valence electrons. The molecule has 2 aromatic rings. The van der Waals surface area contributed by atoms with Crippen molar-refractivity contribution in [2.24, 2.45) is 0 Å². The molecule has 1 aromatic carbocycles. The molecule has 2 aliphatic heterocycles. The van der Waals surface area contributed by atoms with Crippen LogP contribution < -0.4 is 5.56 Å². The maximum Gasteiger partial charge on any atom is 0.262 e. The third kappa shape index (κ3) is 3.87. The first-order chi connectivity index (χ1) is 12.2. The molecule has 0 amide bonds. The molecule has 0 bridgehead atoms. The van der Waals surface area contributed by atoms with Crippen LogP contribution in [0.15, 0.2) is 28.2 Å². The number of benzene rings is 1.